The van der Waals surface area contributed by atoms with Crippen LogP contribution in [0.2, 0.25) is 0 Å². The minimum atomic E-state index is -5.08. The smallest absolute Gasteiger partial charge is 0.488 e. The first-order chi connectivity index (χ1) is 16.2. The van der Waals surface area contributed by atoms with Gasteiger partial charge in [-0.1, -0.05) is 0 Å². The van der Waals surface area contributed by atoms with Gasteiger partial charge in [-0.05, 0) is 18.6 Å². The predicted octanol–water partition coefficient (Wildman–Crippen LogP) is 3.12. The van der Waals surface area contributed by atoms with Gasteiger partial charge in [-0.2, -0.15) is 31.4 Å². The fraction of sp³-hybridized carbons (Fsp3) is 0.500. The molecule has 194 valence electrons. The van der Waals surface area contributed by atoms with Crippen molar-refractivity contribution in [3.8, 4) is 5.75 Å². The summed E-state index contributed by atoms with van der Waals surface area (Å²) < 4.78 is 71.5. The summed E-state index contributed by atoms with van der Waals surface area (Å²) in [6.45, 7) is 2.14. The number of hydrogen-bond acceptors (Lipinski definition) is 6. The molecule has 1 saturated carbocycles. The van der Waals surface area contributed by atoms with E-state index in [1.807, 2.05) is 30.1 Å². The van der Waals surface area contributed by atoms with Gasteiger partial charge in [-0.3, -0.25) is 14.6 Å². The lowest BCUT2D eigenvalue weighted by Gasteiger charge is -2.31. The normalized spacial score (nSPS) is 21.4. The first-order valence-electron chi connectivity index (χ1n) is 10.0. The molecule has 2 bridgehead atoms. The lowest BCUT2D eigenvalue weighted by atomic mass is 10.1. The van der Waals surface area contributed by atoms with E-state index in [4.69, 9.17) is 24.5 Å². The molecule has 0 radical (unpaired) electrons. The summed E-state index contributed by atoms with van der Waals surface area (Å²) in [5.41, 5.74) is 1.30. The van der Waals surface area contributed by atoms with E-state index in [0.717, 1.165) is 25.3 Å². The number of likely N-dealkylation sites (tertiary alicyclic amines) is 1. The molecule has 2 aromatic heterocycles. The number of pyridine rings is 1. The molecular weight excluding hydrogens is 490 g/mol. The summed E-state index contributed by atoms with van der Waals surface area (Å²) in [5.74, 6) is -3.97. The molecule has 0 aromatic carbocycles. The first-order valence-corrected chi connectivity index (χ1v) is 10.0. The molecular formula is C20H22F6N4O5. The standard InChI is InChI=1S/C16H20N4O.2C2HF3O2/c1-19-9-12(7-18-19)10-20-11-13-5-14(20)6-16(13)21-15-3-2-4-17-8-15;2*3-2(4,5)1(6)7/h2-4,7-9,13-14,16H,5-6,10-11H2,1H3;2*(H,6,7)/t13?,14?,16-;;/m1../s1. The number of carboxylic acid groups (broad SMARTS) is 2. The van der Waals surface area contributed by atoms with E-state index in [2.05, 4.69) is 21.2 Å². The van der Waals surface area contributed by atoms with Gasteiger partial charge < -0.3 is 14.9 Å². The number of piperidine rings is 1. The maximum atomic E-state index is 10.6. The molecule has 2 N–H and O–H groups in total. The van der Waals surface area contributed by atoms with Gasteiger partial charge in [0.2, 0.25) is 0 Å². The van der Waals surface area contributed by atoms with Gasteiger partial charge in [0, 0.05) is 56.5 Å². The van der Waals surface area contributed by atoms with Crippen LogP contribution in [0.4, 0.5) is 26.3 Å². The Morgan fingerprint density at radius 2 is 1.69 bits per heavy atom. The summed E-state index contributed by atoms with van der Waals surface area (Å²) >= 11 is 0. The number of rotatable bonds is 4. The maximum Gasteiger partial charge on any atom is 0.490 e. The number of aryl methyl sites for hydroxylation is 1. The molecule has 15 heteroatoms. The van der Waals surface area contributed by atoms with Crippen LogP contribution < -0.4 is 4.74 Å². The van der Waals surface area contributed by atoms with Crippen LogP contribution in [0.5, 0.6) is 5.75 Å². The van der Waals surface area contributed by atoms with Crippen molar-refractivity contribution in [3.05, 3.63) is 42.5 Å². The zero-order chi connectivity index (χ0) is 26.4. The number of ether oxygens (including phenoxy) is 1. The van der Waals surface area contributed by atoms with Gasteiger partial charge in [0.25, 0.3) is 0 Å². The van der Waals surface area contributed by atoms with Crippen molar-refractivity contribution >= 4 is 11.9 Å². The van der Waals surface area contributed by atoms with Crippen molar-refractivity contribution in [2.24, 2.45) is 13.0 Å². The van der Waals surface area contributed by atoms with E-state index in [9.17, 15) is 26.3 Å². The molecule has 3 heterocycles. The monoisotopic (exact) mass is 512 g/mol. The Morgan fingerprint density at radius 1 is 1.09 bits per heavy atom. The van der Waals surface area contributed by atoms with E-state index in [0.29, 0.717) is 18.1 Å². The van der Waals surface area contributed by atoms with Crippen molar-refractivity contribution in [1.29, 1.82) is 0 Å². The lowest BCUT2D eigenvalue weighted by molar-refractivity contribution is -0.193. The highest BCUT2D eigenvalue weighted by Crippen LogP contribution is 2.40. The highest BCUT2D eigenvalue weighted by atomic mass is 19.4. The zero-order valence-corrected chi connectivity index (χ0v) is 18.2. The number of aliphatic carboxylic acids is 2. The second-order valence-corrected chi connectivity index (χ2v) is 7.79. The van der Waals surface area contributed by atoms with Crippen molar-refractivity contribution < 1.29 is 50.9 Å². The van der Waals surface area contributed by atoms with Crippen LogP contribution >= 0.6 is 0 Å². The molecule has 3 atom stereocenters. The topological polar surface area (TPSA) is 118 Å². The fourth-order valence-corrected chi connectivity index (χ4v) is 3.72. The van der Waals surface area contributed by atoms with Crippen LogP contribution in [0.15, 0.2) is 36.9 Å². The number of carboxylic acids is 2. The van der Waals surface area contributed by atoms with Gasteiger partial charge in [-0.25, -0.2) is 9.59 Å². The number of carbonyl (C=O) groups is 2. The largest absolute Gasteiger partial charge is 0.490 e. The van der Waals surface area contributed by atoms with Crippen molar-refractivity contribution in [3.63, 3.8) is 0 Å². The van der Waals surface area contributed by atoms with Crippen LogP contribution in [0.25, 0.3) is 0 Å². The highest BCUT2D eigenvalue weighted by molar-refractivity contribution is 5.73. The van der Waals surface area contributed by atoms with Gasteiger partial charge >= 0.3 is 24.3 Å². The number of hydrogen-bond donors (Lipinski definition) is 2. The first kappa shape index (κ1) is 27.9. The van der Waals surface area contributed by atoms with Crippen LogP contribution in [0.1, 0.15) is 18.4 Å². The molecule has 9 nitrogen and oxygen atoms in total. The van der Waals surface area contributed by atoms with E-state index < -0.39 is 24.3 Å². The van der Waals surface area contributed by atoms with Crippen molar-refractivity contribution in [2.45, 2.75) is 43.9 Å². The minimum absolute atomic E-state index is 0.351. The second-order valence-electron chi connectivity index (χ2n) is 7.79. The Morgan fingerprint density at radius 3 is 2.09 bits per heavy atom. The van der Waals surface area contributed by atoms with Gasteiger partial charge in [-0.15, -0.1) is 0 Å². The van der Waals surface area contributed by atoms with Crippen molar-refractivity contribution in [1.82, 2.24) is 19.7 Å². The molecule has 0 spiro atoms. The summed E-state index contributed by atoms with van der Waals surface area (Å²) in [7, 11) is 1.97. The molecule has 1 aliphatic carbocycles. The summed E-state index contributed by atoms with van der Waals surface area (Å²) in [6.07, 6.45) is 0.225. The van der Waals surface area contributed by atoms with Crippen molar-refractivity contribution in [2.75, 3.05) is 6.54 Å². The zero-order valence-electron chi connectivity index (χ0n) is 18.2. The Kier molecular flexibility index (Phi) is 9.06. The summed E-state index contributed by atoms with van der Waals surface area (Å²) in [4.78, 5) is 24.5. The number of nitrogens with zero attached hydrogens (tertiary/aromatic N) is 4. The number of fused-ring (bicyclic) bond motifs is 2. The Bertz CT molecular complexity index is 958. The lowest BCUT2D eigenvalue weighted by Crippen LogP contribution is -2.39. The number of alkyl halides is 6. The highest BCUT2D eigenvalue weighted by Gasteiger charge is 2.45. The van der Waals surface area contributed by atoms with E-state index in [-0.39, 0.29) is 0 Å². The Labute approximate surface area is 194 Å². The third-order valence-corrected chi connectivity index (χ3v) is 5.14. The third kappa shape index (κ3) is 8.73. The molecule has 0 amide bonds. The molecule has 2 aromatic rings. The third-order valence-electron chi connectivity index (χ3n) is 5.14. The fourth-order valence-electron chi connectivity index (χ4n) is 3.72. The summed E-state index contributed by atoms with van der Waals surface area (Å²) in [5, 5.41) is 18.5. The SMILES string of the molecule is Cn1cc(CN2CC3CC2C[C@H]3Oc2cccnc2)cn1.O=C(O)C(F)(F)F.O=C(O)C(F)(F)F. The van der Waals surface area contributed by atoms with E-state index in [1.54, 1.807) is 12.4 Å². The molecule has 4 rings (SSSR count). The van der Waals surface area contributed by atoms with Crippen LogP contribution in [0.3, 0.4) is 0 Å². The summed E-state index contributed by atoms with van der Waals surface area (Å²) in [6, 6.07) is 4.57. The second kappa shape index (κ2) is 11.4. The number of aromatic nitrogens is 3. The molecule has 1 saturated heterocycles. The van der Waals surface area contributed by atoms with Gasteiger partial charge in [0.05, 0.1) is 12.4 Å². The van der Waals surface area contributed by atoms with Crippen LogP contribution in [0, 0.1) is 5.92 Å². The van der Waals surface area contributed by atoms with E-state index in [1.165, 1.54) is 12.0 Å². The average molecular weight is 512 g/mol. The number of halogens is 6. The average Bonchev–Trinajstić information content (AvgIpc) is 3.44. The predicted molar refractivity (Wildman–Crippen MR) is 106 cm³/mol. The molecule has 2 unspecified atom stereocenters. The molecule has 1 aliphatic heterocycles. The Balaban J connectivity index is 0.000000257. The van der Waals surface area contributed by atoms with Crippen LogP contribution in [-0.4, -0.2) is 72.9 Å². The van der Waals surface area contributed by atoms with E-state index >= 15 is 0 Å². The quantitative estimate of drug-likeness (QED) is 0.601. The van der Waals surface area contributed by atoms with Crippen LogP contribution in [-0.2, 0) is 23.2 Å². The maximum absolute atomic E-state index is 10.6. The Hall–Kier alpha value is -3.36. The molecule has 2 aliphatic rings. The van der Waals surface area contributed by atoms with Gasteiger partial charge in [0.15, 0.2) is 0 Å². The molecule has 2 fully saturated rings. The molecule has 35 heavy (non-hydrogen) atoms. The minimum Gasteiger partial charge on any atom is -0.488 e. The van der Waals surface area contributed by atoms with Gasteiger partial charge in [0.1, 0.15) is 11.9 Å².